The zero-order valence-electron chi connectivity index (χ0n) is 14.8. The van der Waals surface area contributed by atoms with E-state index in [-0.39, 0.29) is 18.5 Å². The van der Waals surface area contributed by atoms with Gasteiger partial charge in [0.2, 0.25) is 0 Å². The number of halogens is 1. The molecule has 144 valence electrons. The van der Waals surface area contributed by atoms with Gasteiger partial charge in [0.25, 0.3) is 5.91 Å². The average Bonchev–Trinajstić information content (AvgIpc) is 3.21. The summed E-state index contributed by atoms with van der Waals surface area (Å²) in [4.78, 5) is 23.8. The normalized spacial score (nSPS) is 10.2. The summed E-state index contributed by atoms with van der Waals surface area (Å²) in [5.74, 6) is 0.917. The minimum Gasteiger partial charge on any atom is -0.484 e. The number of nitrogens with one attached hydrogen (secondary N) is 3. The maximum Gasteiger partial charge on any atom is 0.319 e. The van der Waals surface area contributed by atoms with Crippen LogP contribution in [0.5, 0.6) is 5.75 Å². The molecule has 3 amide bonds. The molecular weight excluding hydrogens is 382 g/mol. The fourth-order valence-corrected chi connectivity index (χ4v) is 2.40. The number of hydrogen-bond donors (Lipinski definition) is 3. The molecule has 1 heterocycles. The maximum absolute atomic E-state index is 12.0. The number of ether oxygens (including phenoxy) is 1. The first kappa shape index (κ1) is 19.3. The molecule has 3 N–H and O–H groups in total. The molecule has 3 aromatic rings. The standard InChI is InChI=1S/C20H18ClN3O4/c21-14-3-9-17(10-4-14)28-13-19(25)23-15-5-7-16(8-6-15)24-20(26)22-12-18-2-1-11-27-18/h1-11H,12-13H2,(H,23,25)(H2,22,24,26). The summed E-state index contributed by atoms with van der Waals surface area (Å²) in [5.41, 5.74) is 1.18. The summed E-state index contributed by atoms with van der Waals surface area (Å²) in [6.45, 7) is 0.164. The second-order valence-corrected chi connectivity index (χ2v) is 6.19. The van der Waals surface area contributed by atoms with Gasteiger partial charge in [-0.3, -0.25) is 4.79 Å². The van der Waals surface area contributed by atoms with Gasteiger partial charge >= 0.3 is 6.03 Å². The second-order valence-electron chi connectivity index (χ2n) is 5.76. The van der Waals surface area contributed by atoms with Gasteiger partial charge in [0.1, 0.15) is 11.5 Å². The number of carbonyl (C=O) groups is 2. The Morgan fingerprint density at radius 2 is 1.61 bits per heavy atom. The summed E-state index contributed by atoms with van der Waals surface area (Å²) < 4.78 is 10.5. The highest BCUT2D eigenvalue weighted by molar-refractivity contribution is 6.30. The molecule has 8 heteroatoms. The quantitative estimate of drug-likeness (QED) is 0.553. The van der Waals surface area contributed by atoms with Crippen LogP contribution in [0.2, 0.25) is 5.02 Å². The molecule has 1 aromatic heterocycles. The third kappa shape index (κ3) is 6.07. The molecule has 0 saturated carbocycles. The zero-order valence-corrected chi connectivity index (χ0v) is 15.5. The van der Waals surface area contributed by atoms with Crippen LogP contribution in [0.3, 0.4) is 0 Å². The van der Waals surface area contributed by atoms with Crippen molar-refractivity contribution >= 4 is 34.9 Å². The predicted octanol–water partition coefficient (Wildman–Crippen LogP) is 4.27. The van der Waals surface area contributed by atoms with E-state index in [1.54, 1.807) is 66.9 Å². The van der Waals surface area contributed by atoms with Crippen molar-refractivity contribution in [1.82, 2.24) is 5.32 Å². The van der Waals surface area contributed by atoms with Crippen LogP contribution in [-0.2, 0) is 11.3 Å². The number of benzene rings is 2. The van der Waals surface area contributed by atoms with E-state index in [0.717, 1.165) is 0 Å². The molecule has 0 aliphatic carbocycles. The lowest BCUT2D eigenvalue weighted by molar-refractivity contribution is -0.118. The smallest absolute Gasteiger partial charge is 0.319 e. The third-order valence-electron chi connectivity index (χ3n) is 3.61. The first-order valence-electron chi connectivity index (χ1n) is 8.44. The monoisotopic (exact) mass is 399 g/mol. The van der Waals surface area contributed by atoms with Gasteiger partial charge in [0.15, 0.2) is 6.61 Å². The zero-order chi connectivity index (χ0) is 19.8. The Kier molecular flexibility index (Phi) is 6.54. The largest absolute Gasteiger partial charge is 0.484 e. The molecule has 2 aromatic carbocycles. The maximum atomic E-state index is 12.0. The van der Waals surface area contributed by atoms with Crippen molar-refractivity contribution in [2.45, 2.75) is 6.54 Å². The molecule has 0 atom stereocenters. The molecule has 0 aliphatic heterocycles. The Labute approximate surface area is 166 Å². The van der Waals surface area contributed by atoms with E-state index < -0.39 is 0 Å². The van der Waals surface area contributed by atoms with Crippen molar-refractivity contribution in [3.63, 3.8) is 0 Å². The Morgan fingerprint density at radius 3 is 2.25 bits per heavy atom. The number of amides is 3. The van der Waals surface area contributed by atoms with Crippen molar-refractivity contribution < 1.29 is 18.7 Å². The van der Waals surface area contributed by atoms with Crippen molar-refractivity contribution in [1.29, 1.82) is 0 Å². The SMILES string of the molecule is O=C(COc1ccc(Cl)cc1)Nc1ccc(NC(=O)NCc2ccco2)cc1. The molecule has 0 spiro atoms. The molecule has 0 unspecified atom stereocenters. The molecule has 0 fully saturated rings. The lowest BCUT2D eigenvalue weighted by Gasteiger charge is -2.09. The van der Waals surface area contributed by atoms with Gasteiger partial charge < -0.3 is 25.1 Å². The van der Waals surface area contributed by atoms with Gasteiger partial charge in [0, 0.05) is 16.4 Å². The highest BCUT2D eigenvalue weighted by Crippen LogP contribution is 2.16. The summed E-state index contributed by atoms with van der Waals surface area (Å²) in [5, 5.41) is 8.69. The molecule has 28 heavy (non-hydrogen) atoms. The van der Waals surface area contributed by atoms with Gasteiger partial charge in [-0.25, -0.2) is 4.79 Å². The lowest BCUT2D eigenvalue weighted by Crippen LogP contribution is -2.28. The molecule has 0 bridgehead atoms. The molecule has 0 radical (unpaired) electrons. The van der Waals surface area contributed by atoms with Crippen molar-refractivity contribution in [3.05, 3.63) is 77.7 Å². The van der Waals surface area contributed by atoms with Crippen LogP contribution in [-0.4, -0.2) is 18.5 Å². The minimum absolute atomic E-state index is 0.128. The minimum atomic E-state index is -0.357. The van der Waals surface area contributed by atoms with Gasteiger partial charge in [-0.2, -0.15) is 0 Å². The van der Waals surface area contributed by atoms with Gasteiger partial charge in [-0.05, 0) is 60.7 Å². The van der Waals surface area contributed by atoms with E-state index in [1.807, 2.05) is 0 Å². The first-order chi connectivity index (χ1) is 13.6. The van der Waals surface area contributed by atoms with E-state index in [9.17, 15) is 9.59 Å². The van der Waals surface area contributed by atoms with Crippen molar-refractivity contribution in [2.24, 2.45) is 0 Å². The molecule has 0 saturated heterocycles. The number of hydrogen-bond acceptors (Lipinski definition) is 4. The fourth-order valence-electron chi connectivity index (χ4n) is 2.27. The van der Waals surface area contributed by atoms with Crippen LogP contribution in [0.1, 0.15) is 5.76 Å². The summed E-state index contributed by atoms with van der Waals surface area (Å²) in [7, 11) is 0. The number of anilines is 2. The molecule has 3 rings (SSSR count). The molecule has 7 nitrogen and oxygen atoms in total. The first-order valence-corrected chi connectivity index (χ1v) is 8.82. The fraction of sp³-hybridized carbons (Fsp3) is 0.100. The number of furan rings is 1. The van der Waals surface area contributed by atoms with Crippen LogP contribution in [0, 0.1) is 0 Å². The number of carbonyl (C=O) groups excluding carboxylic acids is 2. The lowest BCUT2D eigenvalue weighted by atomic mass is 10.3. The molecular formula is C20H18ClN3O4. The summed E-state index contributed by atoms with van der Waals surface area (Å²) in [6, 6.07) is 16.6. The topological polar surface area (TPSA) is 92.6 Å². The van der Waals surface area contributed by atoms with Crippen LogP contribution in [0.4, 0.5) is 16.2 Å². The number of rotatable bonds is 7. The van der Waals surface area contributed by atoms with Gasteiger partial charge in [-0.1, -0.05) is 11.6 Å². The van der Waals surface area contributed by atoms with Crippen molar-refractivity contribution in [3.8, 4) is 5.75 Å². The summed E-state index contributed by atoms with van der Waals surface area (Å²) >= 11 is 5.80. The third-order valence-corrected chi connectivity index (χ3v) is 3.87. The van der Waals surface area contributed by atoms with E-state index in [1.165, 1.54) is 0 Å². The highest BCUT2D eigenvalue weighted by atomic mass is 35.5. The van der Waals surface area contributed by atoms with E-state index >= 15 is 0 Å². The van der Waals surface area contributed by atoms with Crippen molar-refractivity contribution in [2.75, 3.05) is 17.2 Å². The van der Waals surface area contributed by atoms with E-state index in [2.05, 4.69) is 16.0 Å². The van der Waals surface area contributed by atoms with Crippen LogP contribution in [0.15, 0.2) is 71.3 Å². The number of urea groups is 1. The Hall–Kier alpha value is -3.45. The van der Waals surface area contributed by atoms with Gasteiger partial charge in [0.05, 0.1) is 12.8 Å². The Morgan fingerprint density at radius 1 is 0.929 bits per heavy atom. The Bertz CT molecular complexity index is 910. The van der Waals surface area contributed by atoms with Crippen LogP contribution >= 0.6 is 11.6 Å². The van der Waals surface area contributed by atoms with E-state index in [4.69, 9.17) is 20.8 Å². The molecule has 0 aliphatic rings. The summed E-state index contributed by atoms with van der Waals surface area (Å²) in [6.07, 6.45) is 1.54. The van der Waals surface area contributed by atoms with Crippen LogP contribution < -0.4 is 20.7 Å². The predicted molar refractivity (Wildman–Crippen MR) is 107 cm³/mol. The highest BCUT2D eigenvalue weighted by Gasteiger charge is 2.06. The van der Waals surface area contributed by atoms with Crippen LogP contribution in [0.25, 0.3) is 0 Å². The van der Waals surface area contributed by atoms with E-state index in [0.29, 0.717) is 34.5 Å². The average molecular weight is 400 g/mol. The van der Waals surface area contributed by atoms with Gasteiger partial charge in [-0.15, -0.1) is 0 Å². The second kappa shape index (κ2) is 9.48. The Balaban J connectivity index is 1.42.